The van der Waals surface area contributed by atoms with E-state index in [1.165, 1.54) is 18.2 Å². The van der Waals surface area contributed by atoms with Crippen LogP contribution in [0.1, 0.15) is 11.1 Å². The second kappa shape index (κ2) is 5.54. The fourth-order valence-electron chi connectivity index (χ4n) is 1.68. The van der Waals surface area contributed by atoms with Gasteiger partial charge in [0.25, 0.3) is 5.72 Å². The van der Waals surface area contributed by atoms with Crippen molar-refractivity contribution < 1.29 is 20.1 Å². The Labute approximate surface area is 115 Å². The van der Waals surface area contributed by atoms with Crippen LogP contribution in [0.5, 0.6) is 5.75 Å². The Bertz CT molecular complexity index is 639. The van der Waals surface area contributed by atoms with Crippen LogP contribution in [0.25, 0.3) is 0 Å². The number of carboxylic acids is 1. The molecule has 0 aliphatic carbocycles. The molecule has 0 spiro atoms. The molecule has 0 radical (unpaired) electrons. The average Bonchev–Trinajstić information content (AvgIpc) is 2.47. The minimum absolute atomic E-state index is 0.0444. The molecule has 5 nitrogen and oxygen atoms in total. The van der Waals surface area contributed by atoms with E-state index < -0.39 is 11.7 Å². The molecule has 2 aromatic carbocycles. The van der Waals surface area contributed by atoms with Crippen LogP contribution < -0.4 is 0 Å². The van der Waals surface area contributed by atoms with E-state index in [-0.39, 0.29) is 11.3 Å². The van der Waals surface area contributed by atoms with Gasteiger partial charge in [0.15, 0.2) is 0 Å². The lowest BCUT2D eigenvalue weighted by Crippen LogP contribution is -2.33. The summed E-state index contributed by atoms with van der Waals surface area (Å²) >= 11 is 0. The van der Waals surface area contributed by atoms with Crippen molar-refractivity contribution in [3.8, 4) is 5.75 Å². The zero-order valence-corrected chi connectivity index (χ0v) is 10.5. The van der Waals surface area contributed by atoms with Crippen molar-refractivity contribution in [1.29, 1.82) is 0 Å². The van der Waals surface area contributed by atoms with Crippen molar-refractivity contribution in [3.63, 3.8) is 0 Å². The lowest BCUT2D eigenvalue weighted by Gasteiger charge is -2.18. The highest BCUT2D eigenvalue weighted by Crippen LogP contribution is 2.24. The van der Waals surface area contributed by atoms with Crippen LogP contribution in [0.15, 0.2) is 59.6 Å². The third kappa shape index (κ3) is 2.67. The van der Waals surface area contributed by atoms with Gasteiger partial charge in [0.05, 0.1) is 0 Å². The Morgan fingerprint density at radius 2 is 1.65 bits per heavy atom. The zero-order valence-electron chi connectivity index (χ0n) is 10.5. The molecule has 0 amide bonds. The second-order valence-electron chi connectivity index (χ2n) is 4.16. The minimum Gasteiger partial charge on any atom is -0.507 e. The molecule has 2 rings (SSSR count). The largest absolute Gasteiger partial charge is 0.507 e. The number of aliphatic hydroxyl groups is 1. The first-order valence-electron chi connectivity index (χ1n) is 5.88. The number of phenolic OH excluding ortho intramolecular Hbond substituents is 1. The molecule has 102 valence electrons. The standard InChI is InChI=1S/C15H13NO4/c17-13-9-5-4-6-11(13)10-16-15(20,14(18)19)12-7-2-1-3-8-12/h1-10,17,20H,(H,18,19). The van der Waals surface area contributed by atoms with Gasteiger partial charge in [0.1, 0.15) is 5.75 Å². The number of aliphatic carboxylic acids is 1. The molecule has 0 aromatic heterocycles. The number of rotatable bonds is 4. The third-order valence-corrected chi connectivity index (χ3v) is 2.80. The number of carboxylic acid groups (broad SMARTS) is 1. The van der Waals surface area contributed by atoms with E-state index in [9.17, 15) is 20.1 Å². The summed E-state index contributed by atoms with van der Waals surface area (Å²) in [5.74, 6) is -1.53. The Hall–Kier alpha value is -2.66. The number of hydrogen-bond donors (Lipinski definition) is 3. The molecule has 2 aromatic rings. The first-order valence-corrected chi connectivity index (χ1v) is 5.88. The van der Waals surface area contributed by atoms with Crippen LogP contribution >= 0.6 is 0 Å². The molecule has 1 unspecified atom stereocenters. The van der Waals surface area contributed by atoms with Crippen LogP contribution in [-0.4, -0.2) is 27.5 Å². The molecule has 0 bridgehead atoms. The van der Waals surface area contributed by atoms with Crippen molar-refractivity contribution in [2.45, 2.75) is 5.72 Å². The molecule has 5 heteroatoms. The molecule has 3 N–H and O–H groups in total. The van der Waals surface area contributed by atoms with Gasteiger partial charge in [-0.1, -0.05) is 42.5 Å². The highest BCUT2D eigenvalue weighted by atomic mass is 16.4. The van der Waals surface area contributed by atoms with E-state index in [4.69, 9.17) is 0 Å². The van der Waals surface area contributed by atoms with Crippen molar-refractivity contribution in [2.24, 2.45) is 4.99 Å². The molecule has 0 saturated heterocycles. The van der Waals surface area contributed by atoms with Crippen LogP contribution in [0, 0.1) is 0 Å². The van der Waals surface area contributed by atoms with E-state index in [1.807, 2.05) is 0 Å². The monoisotopic (exact) mass is 271 g/mol. The second-order valence-corrected chi connectivity index (χ2v) is 4.16. The van der Waals surface area contributed by atoms with Gasteiger partial charge >= 0.3 is 5.97 Å². The highest BCUT2D eigenvalue weighted by molar-refractivity contribution is 5.87. The van der Waals surface area contributed by atoms with Crippen LogP contribution in [0.2, 0.25) is 0 Å². The summed E-state index contributed by atoms with van der Waals surface area (Å²) in [6.07, 6.45) is 1.14. The molecule has 0 saturated carbocycles. The number of para-hydroxylation sites is 1. The number of benzene rings is 2. The molecule has 20 heavy (non-hydrogen) atoms. The lowest BCUT2D eigenvalue weighted by molar-refractivity contribution is -0.158. The van der Waals surface area contributed by atoms with Crippen LogP contribution in [0.3, 0.4) is 0 Å². The maximum atomic E-state index is 11.3. The van der Waals surface area contributed by atoms with Gasteiger partial charge < -0.3 is 15.3 Å². The fourth-order valence-corrected chi connectivity index (χ4v) is 1.68. The minimum atomic E-state index is -2.39. The SMILES string of the molecule is O=C(O)C(O)(N=Cc1ccccc1O)c1ccccc1. The van der Waals surface area contributed by atoms with Crippen molar-refractivity contribution in [2.75, 3.05) is 0 Å². The molecular formula is C15H13NO4. The lowest BCUT2D eigenvalue weighted by atomic mass is 10.0. The Balaban J connectivity index is 2.41. The summed E-state index contributed by atoms with van der Waals surface area (Å²) in [6.45, 7) is 0. The Kier molecular flexibility index (Phi) is 3.81. The first kappa shape index (κ1) is 13.8. The van der Waals surface area contributed by atoms with Gasteiger partial charge in [-0.2, -0.15) is 0 Å². The number of phenols is 1. The predicted octanol–water partition coefficient (Wildman–Crippen LogP) is 1.74. The van der Waals surface area contributed by atoms with E-state index in [1.54, 1.807) is 36.4 Å². The summed E-state index contributed by atoms with van der Waals surface area (Å²) in [7, 11) is 0. The van der Waals surface area contributed by atoms with Gasteiger partial charge in [-0.15, -0.1) is 0 Å². The molecule has 0 heterocycles. The highest BCUT2D eigenvalue weighted by Gasteiger charge is 2.37. The van der Waals surface area contributed by atoms with E-state index in [0.717, 1.165) is 6.21 Å². The van der Waals surface area contributed by atoms with E-state index >= 15 is 0 Å². The van der Waals surface area contributed by atoms with Gasteiger partial charge in [0, 0.05) is 17.3 Å². The van der Waals surface area contributed by atoms with E-state index in [2.05, 4.69) is 4.99 Å². The number of carbonyl (C=O) groups is 1. The topological polar surface area (TPSA) is 90.1 Å². The number of aromatic hydroxyl groups is 1. The van der Waals surface area contributed by atoms with Crippen LogP contribution in [-0.2, 0) is 10.5 Å². The molecule has 0 fully saturated rings. The summed E-state index contributed by atoms with van der Waals surface area (Å²) in [4.78, 5) is 15.0. The van der Waals surface area contributed by atoms with Gasteiger partial charge in [-0.25, -0.2) is 9.79 Å². The molecule has 0 aliphatic heterocycles. The molecule has 0 aliphatic rings. The van der Waals surface area contributed by atoms with E-state index in [0.29, 0.717) is 5.56 Å². The Morgan fingerprint density at radius 1 is 1.05 bits per heavy atom. The zero-order chi connectivity index (χ0) is 14.6. The smallest absolute Gasteiger partial charge is 0.364 e. The summed E-state index contributed by atoms with van der Waals surface area (Å²) in [5, 5.41) is 29.0. The Morgan fingerprint density at radius 3 is 2.25 bits per heavy atom. The summed E-state index contributed by atoms with van der Waals surface area (Å²) in [6, 6.07) is 14.2. The maximum Gasteiger partial charge on any atom is 0.364 e. The summed E-state index contributed by atoms with van der Waals surface area (Å²) in [5.41, 5.74) is -1.92. The van der Waals surface area contributed by atoms with Crippen molar-refractivity contribution in [1.82, 2.24) is 0 Å². The van der Waals surface area contributed by atoms with Gasteiger partial charge in [0.2, 0.25) is 0 Å². The fraction of sp³-hybridized carbons (Fsp3) is 0.0667. The maximum absolute atomic E-state index is 11.3. The summed E-state index contributed by atoms with van der Waals surface area (Å²) < 4.78 is 0. The number of aliphatic imine (C=N–C) groups is 1. The van der Waals surface area contributed by atoms with Gasteiger partial charge in [-0.3, -0.25) is 0 Å². The normalized spacial score (nSPS) is 14.1. The third-order valence-electron chi connectivity index (χ3n) is 2.80. The predicted molar refractivity (Wildman–Crippen MR) is 73.7 cm³/mol. The quantitative estimate of drug-likeness (QED) is 0.739. The number of nitrogens with zero attached hydrogens (tertiary/aromatic N) is 1. The molecular weight excluding hydrogens is 258 g/mol. The number of hydrogen-bond acceptors (Lipinski definition) is 4. The first-order chi connectivity index (χ1) is 9.54. The van der Waals surface area contributed by atoms with Crippen molar-refractivity contribution >= 4 is 12.2 Å². The molecule has 1 atom stereocenters. The average molecular weight is 271 g/mol. The van der Waals surface area contributed by atoms with Crippen molar-refractivity contribution in [3.05, 3.63) is 65.7 Å². The van der Waals surface area contributed by atoms with Crippen LogP contribution in [0.4, 0.5) is 0 Å². The van der Waals surface area contributed by atoms with Gasteiger partial charge in [-0.05, 0) is 12.1 Å².